The Morgan fingerprint density at radius 3 is 2.45 bits per heavy atom. The number of aliphatic hydroxyl groups is 3. The number of ether oxygens (including phenoxy) is 8. The van der Waals surface area contributed by atoms with Crippen molar-refractivity contribution in [1.29, 1.82) is 0 Å². The second-order valence-corrected chi connectivity index (χ2v) is 19.9. The van der Waals surface area contributed by atoms with Crippen LogP contribution in [0.4, 0.5) is 0 Å². The molecule has 1 saturated carbocycles. The number of aliphatic hydroxyl groups excluding tert-OH is 3. The molecule has 21 nitrogen and oxygen atoms in total. The Hall–Kier alpha value is -4.52. The third kappa shape index (κ3) is 15.3. The molecule has 1 amide bonds. The van der Waals surface area contributed by atoms with Crippen molar-refractivity contribution in [3.05, 3.63) is 59.5 Å². The van der Waals surface area contributed by atoms with Gasteiger partial charge in [-0.05, 0) is 84.2 Å². The standard InChI is InChI=1S/C52H77N5O16/c1-10-41-33(24-67-42-17-16-40(59)49(64-8)50(42)65-9)20-28(2)14-15-39(58)29(3)21-32-18-19-66-25-34(55-69-27-35-22-38(56-73-35)36-12-11-13-37(54-36)51(53)63)26-68-43(23-44(60)71-41)30(4)48(32)72-52-47(62)45(57(6)7)46(61)31(5)70-52/h11-15,20,22,29-33,40-43,45-50,52,59,61-62H,10,16-19,21,23-27H2,1-9H3,(H2,53,63)/b15-14+,28-20+,55-34+/t29-,30+,31-,32?,33-,40-,41-,42-,43-,45+,46-,47-,48-,49-,50+,52+/m1/s1. The molecule has 1 aliphatic carbocycles. The number of primary amides is 1. The van der Waals surface area contributed by atoms with Gasteiger partial charge in [0.2, 0.25) is 0 Å². The van der Waals surface area contributed by atoms with E-state index in [-0.39, 0.29) is 50.9 Å². The normalized spacial score (nSPS) is 36.2. The number of rotatable bonds is 14. The van der Waals surface area contributed by atoms with Crippen LogP contribution in [0, 0.1) is 23.7 Å². The predicted molar refractivity (Wildman–Crippen MR) is 264 cm³/mol. The third-order valence-electron chi connectivity index (χ3n) is 14.4. The van der Waals surface area contributed by atoms with E-state index < -0.39 is 109 Å². The molecule has 3 aliphatic heterocycles. The number of amides is 1. The Morgan fingerprint density at radius 2 is 1.74 bits per heavy atom. The first kappa shape index (κ1) is 57.8. The van der Waals surface area contributed by atoms with Crippen LogP contribution in [0.5, 0.6) is 0 Å². The summed E-state index contributed by atoms with van der Waals surface area (Å²) in [5.74, 6) is -3.03. The van der Waals surface area contributed by atoms with Crippen LogP contribution in [0.1, 0.15) is 89.4 Å². The molecule has 406 valence electrons. The molecule has 0 aromatic carbocycles. The first-order valence-electron chi connectivity index (χ1n) is 25.3. The van der Waals surface area contributed by atoms with Gasteiger partial charge in [0, 0.05) is 44.6 Å². The summed E-state index contributed by atoms with van der Waals surface area (Å²) < 4.78 is 55.7. The van der Waals surface area contributed by atoms with E-state index in [1.165, 1.54) is 13.2 Å². The van der Waals surface area contributed by atoms with Crippen molar-refractivity contribution >= 4 is 23.4 Å². The predicted octanol–water partition coefficient (Wildman–Crippen LogP) is 3.56. The fourth-order valence-electron chi connectivity index (χ4n) is 10.2. The van der Waals surface area contributed by atoms with Crippen LogP contribution in [-0.2, 0) is 58.9 Å². The minimum absolute atomic E-state index is 0.0174. The van der Waals surface area contributed by atoms with Crippen LogP contribution in [0.15, 0.2) is 57.7 Å². The lowest BCUT2D eigenvalue weighted by molar-refractivity contribution is -0.305. The van der Waals surface area contributed by atoms with Gasteiger partial charge < -0.3 is 73.2 Å². The highest BCUT2D eigenvalue weighted by Crippen LogP contribution is 2.36. The monoisotopic (exact) mass is 1030 g/mol. The van der Waals surface area contributed by atoms with E-state index >= 15 is 0 Å². The van der Waals surface area contributed by atoms with Gasteiger partial charge in [-0.25, -0.2) is 4.98 Å². The van der Waals surface area contributed by atoms with Crippen molar-refractivity contribution in [2.45, 2.75) is 153 Å². The zero-order chi connectivity index (χ0) is 52.9. The van der Waals surface area contributed by atoms with Crippen molar-refractivity contribution in [2.75, 3.05) is 54.7 Å². The maximum Gasteiger partial charge on any atom is 0.308 e. The summed E-state index contributed by atoms with van der Waals surface area (Å²) in [6.45, 7) is 9.29. The number of carbonyl (C=O) groups is 3. The van der Waals surface area contributed by atoms with E-state index in [0.29, 0.717) is 55.0 Å². The quantitative estimate of drug-likeness (QED) is 0.156. The molecule has 0 radical (unpaired) electrons. The molecule has 4 aliphatic rings. The summed E-state index contributed by atoms with van der Waals surface area (Å²) in [6, 6.07) is 5.66. The van der Waals surface area contributed by atoms with Gasteiger partial charge in [-0.1, -0.05) is 54.9 Å². The van der Waals surface area contributed by atoms with E-state index in [1.807, 2.05) is 33.8 Å². The fourth-order valence-corrected chi connectivity index (χ4v) is 10.2. The lowest BCUT2D eigenvalue weighted by atomic mass is 9.79. The summed E-state index contributed by atoms with van der Waals surface area (Å²) in [7, 11) is 6.59. The number of carbonyl (C=O) groups excluding carboxylic acids is 3. The molecule has 21 heteroatoms. The van der Waals surface area contributed by atoms with Gasteiger partial charge in [0.1, 0.15) is 41.5 Å². The molecule has 2 bridgehead atoms. The first-order valence-corrected chi connectivity index (χ1v) is 25.3. The van der Waals surface area contributed by atoms with Crippen LogP contribution in [0.25, 0.3) is 11.4 Å². The average molecular weight is 1030 g/mol. The van der Waals surface area contributed by atoms with Crippen molar-refractivity contribution in [1.82, 2.24) is 15.0 Å². The van der Waals surface area contributed by atoms with Crippen molar-refractivity contribution in [3.8, 4) is 11.4 Å². The summed E-state index contributed by atoms with van der Waals surface area (Å²) in [5, 5.41) is 41.9. The second kappa shape index (κ2) is 27.3. The van der Waals surface area contributed by atoms with Gasteiger partial charge in [0.25, 0.3) is 5.91 Å². The number of oxime groups is 1. The van der Waals surface area contributed by atoms with E-state index in [0.717, 1.165) is 5.57 Å². The summed E-state index contributed by atoms with van der Waals surface area (Å²) in [5.41, 5.74) is 7.34. The molecule has 1 unspecified atom stereocenters. The molecule has 2 saturated heterocycles. The largest absolute Gasteiger partial charge is 0.462 e. The summed E-state index contributed by atoms with van der Waals surface area (Å²) in [4.78, 5) is 52.0. The molecule has 16 atom stereocenters. The van der Waals surface area contributed by atoms with E-state index in [4.69, 9.17) is 53.0 Å². The lowest BCUT2D eigenvalue weighted by Gasteiger charge is -2.47. The van der Waals surface area contributed by atoms with Gasteiger partial charge in [-0.15, -0.1) is 0 Å². The number of likely N-dealkylation sites (N-methyl/N-ethyl adjacent to an activating group) is 1. The summed E-state index contributed by atoms with van der Waals surface area (Å²) in [6.07, 6.45) is -1.71. The maximum atomic E-state index is 14.5. The second-order valence-electron chi connectivity index (χ2n) is 19.9. The van der Waals surface area contributed by atoms with Crippen LogP contribution in [0.3, 0.4) is 0 Å². The number of hydrogen-bond acceptors (Lipinski definition) is 20. The van der Waals surface area contributed by atoms with Crippen molar-refractivity contribution in [3.63, 3.8) is 0 Å². The van der Waals surface area contributed by atoms with E-state index in [1.54, 1.807) is 63.4 Å². The van der Waals surface area contributed by atoms with Gasteiger partial charge in [0.05, 0.1) is 74.6 Å². The van der Waals surface area contributed by atoms with E-state index in [2.05, 4.69) is 15.3 Å². The lowest BCUT2D eigenvalue weighted by Crippen LogP contribution is -2.63. The number of ketones is 1. The fraction of sp³-hybridized carbons (Fsp3) is 0.692. The number of hydrogen-bond donors (Lipinski definition) is 4. The zero-order valence-corrected chi connectivity index (χ0v) is 43.6. The number of nitrogens with zero attached hydrogens (tertiary/aromatic N) is 4. The Labute approximate surface area is 427 Å². The first-order chi connectivity index (χ1) is 34.9. The van der Waals surface area contributed by atoms with Gasteiger partial charge in [-0.3, -0.25) is 14.4 Å². The Kier molecular flexibility index (Phi) is 21.6. The number of allylic oxidation sites excluding steroid dienone is 3. The van der Waals surface area contributed by atoms with Gasteiger partial charge in [0.15, 0.2) is 24.4 Å². The van der Waals surface area contributed by atoms with Crippen LogP contribution >= 0.6 is 0 Å². The highest BCUT2D eigenvalue weighted by molar-refractivity contribution is 5.92. The number of fused-ring (bicyclic) bond motifs is 3. The number of cyclic esters (lactones) is 1. The zero-order valence-electron chi connectivity index (χ0n) is 43.6. The SMILES string of the molecule is CC[C@H]1OC(=O)C[C@H]2OC/C(=N/OCc3cc(-c4cccc(C(N)=O)n4)no3)COCCC(C[C@@H](C)C(=O)/C=C/C(C)=C/[C@@H]1CO[C@@H]1CC[C@@H](O)[C@@H](OC)[C@H]1OC)[C@H](O[C@@H]1O[C@H](C)[C@@H](O)[C@H](N(C)C)[C@H]1O)[C@H]2C. The number of methoxy groups -OCH3 is 2. The molecular weight excluding hydrogens is 951 g/mol. The number of esters is 1. The van der Waals surface area contributed by atoms with Crippen LogP contribution < -0.4 is 5.73 Å². The van der Waals surface area contributed by atoms with Gasteiger partial charge in [-0.2, -0.15) is 0 Å². The molecular formula is C52H77N5O16. The topological polar surface area (TPSA) is 276 Å². The van der Waals surface area contributed by atoms with Crippen LogP contribution in [0.2, 0.25) is 0 Å². The smallest absolute Gasteiger partial charge is 0.308 e. The Morgan fingerprint density at radius 1 is 0.973 bits per heavy atom. The Balaban J connectivity index is 1.31. The maximum absolute atomic E-state index is 14.5. The van der Waals surface area contributed by atoms with Crippen LogP contribution in [-0.4, -0.2) is 182 Å². The number of pyridine rings is 1. The van der Waals surface area contributed by atoms with E-state index in [9.17, 15) is 29.7 Å². The molecule has 2 aromatic rings. The van der Waals surface area contributed by atoms with Gasteiger partial charge >= 0.3 is 5.97 Å². The number of nitrogens with two attached hydrogens (primary N) is 1. The molecule has 2 aromatic heterocycles. The third-order valence-corrected chi connectivity index (χ3v) is 14.4. The average Bonchev–Trinajstić information content (AvgIpc) is 3.84. The van der Waals surface area contributed by atoms with Crippen molar-refractivity contribution < 1.29 is 77.0 Å². The summed E-state index contributed by atoms with van der Waals surface area (Å²) >= 11 is 0. The highest BCUT2D eigenvalue weighted by Gasteiger charge is 2.48. The molecule has 0 spiro atoms. The molecule has 73 heavy (non-hydrogen) atoms. The minimum Gasteiger partial charge on any atom is -0.462 e. The molecule has 3 fully saturated rings. The molecule has 6 rings (SSSR count). The number of aromatic nitrogens is 2. The Bertz CT molecular complexity index is 2200. The molecule has 5 N–H and O–H groups in total. The minimum atomic E-state index is -1.28. The van der Waals surface area contributed by atoms with Crippen molar-refractivity contribution in [2.24, 2.45) is 34.6 Å². The molecule has 5 heterocycles. The highest BCUT2D eigenvalue weighted by atomic mass is 16.7.